The molecular formula is C26H24Cl2N2O5. The summed E-state index contributed by atoms with van der Waals surface area (Å²) in [6.45, 7) is 1.62. The van der Waals surface area contributed by atoms with Gasteiger partial charge in [0.05, 0.1) is 11.4 Å². The van der Waals surface area contributed by atoms with Crippen LogP contribution in [0.3, 0.4) is 0 Å². The molecule has 0 unspecified atom stereocenters. The third-order valence-corrected chi connectivity index (χ3v) is 5.36. The van der Waals surface area contributed by atoms with Crippen LogP contribution in [0.2, 0.25) is 10.0 Å². The van der Waals surface area contributed by atoms with Crippen molar-refractivity contribution in [2.45, 2.75) is 26.2 Å². The van der Waals surface area contributed by atoms with Crippen LogP contribution in [0, 0.1) is 0 Å². The van der Waals surface area contributed by atoms with Crippen LogP contribution in [-0.4, -0.2) is 24.4 Å². The van der Waals surface area contributed by atoms with E-state index in [2.05, 4.69) is 10.6 Å². The van der Waals surface area contributed by atoms with Gasteiger partial charge in [-0.2, -0.15) is 0 Å². The molecular weight excluding hydrogens is 491 g/mol. The molecule has 3 aromatic carbocycles. The third kappa shape index (κ3) is 8.63. The smallest absolute Gasteiger partial charge is 0.306 e. The van der Waals surface area contributed by atoms with Gasteiger partial charge < -0.3 is 20.1 Å². The molecule has 3 rings (SSSR count). The van der Waals surface area contributed by atoms with Crippen molar-refractivity contribution >= 4 is 52.4 Å². The van der Waals surface area contributed by atoms with Crippen LogP contribution < -0.4 is 15.4 Å². The number of anilines is 2. The van der Waals surface area contributed by atoms with Gasteiger partial charge in [0.25, 0.3) is 5.91 Å². The van der Waals surface area contributed by atoms with Gasteiger partial charge in [-0.05, 0) is 66.6 Å². The lowest BCUT2D eigenvalue weighted by Gasteiger charge is -2.10. The highest BCUT2D eigenvalue weighted by molar-refractivity contribution is 6.35. The largest absolute Gasteiger partial charge is 0.456 e. The molecule has 2 amide bonds. The van der Waals surface area contributed by atoms with Crippen molar-refractivity contribution in [3.8, 4) is 11.5 Å². The lowest BCUT2D eigenvalue weighted by Crippen LogP contribution is -2.21. The first-order valence-electron chi connectivity index (χ1n) is 10.9. The average molecular weight is 515 g/mol. The van der Waals surface area contributed by atoms with E-state index >= 15 is 0 Å². The van der Waals surface area contributed by atoms with Crippen molar-refractivity contribution in [1.29, 1.82) is 0 Å². The fraction of sp³-hybridized carbons (Fsp3) is 0.192. The summed E-state index contributed by atoms with van der Waals surface area (Å²) in [6, 6.07) is 19.0. The molecule has 0 radical (unpaired) electrons. The van der Waals surface area contributed by atoms with Crippen LogP contribution in [0.1, 0.15) is 25.3 Å². The predicted molar refractivity (Wildman–Crippen MR) is 136 cm³/mol. The number of amides is 2. The van der Waals surface area contributed by atoms with E-state index in [-0.39, 0.29) is 18.7 Å². The first-order valence-corrected chi connectivity index (χ1v) is 11.6. The number of carbonyl (C=O) groups is 3. The highest BCUT2D eigenvalue weighted by atomic mass is 35.5. The number of hydrogen-bond acceptors (Lipinski definition) is 5. The first kappa shape index (κ1) is 26.1. The van der Waals surface area contributed by atoms with Crippen molar-refractivity contribution in [3.05, 3.63) is 82.3 Å². The summed E-state index contributed by atoms with van der Waals surface area (Å²) in [5.41, 5.74) is 2.31. The second-order valence-electron chi connectivity index (χ2n) is 7.51. The van der Waals surface area contributed by atoms with E-state index in [4.69, 9.17) is 32.7 Å². The van der Waals surface area contributed by atoms with Crippen molar-refractivity contribution < 1.29 is 23.9 Å². The van der Waals surface area contributed by atoms with E-state index < -0.39 is 18.5 Å². The minimum Gasteiger partial charge on any atom is -0.456 e. The van der Waals surface area contributed by atoms with E-state index in [1.165, 1.54) is 0 Å². The third-order valence-electron chi connectivity index (χ3n) is 4.83. The second kappa shape index (κ2) is 12.8. The number of nitrogens with one attached hydrogen (secondary N) is 2. The van der Waals surface area contributed by atoms with E-state index in [0.29, 0.717) is 32.9 Å². The van der Waals surface area contributed by atoms with Crippen LogP contribution in [0.5, 0.6) is 11.5 Å². The first-order chi connectivity index (χ1) is 16.8. The molecule has 0 fully saturated rings. The molecule has 182 valence electrons. The molecule has 0 aliphatic rings. The number of benzene rings is 3. The SMILES string of the molecule is CCc1ccc(NC(=O)COC(=O)CCC(=O)Nc2ccc(Oc3ccc(Cl)cc3Cl)cc2)cc1. The Balaban J connectivity index is 1.37. The van der Waals surface area contributed by atoms with E-state index in [9.17, 15) is 14.4 Å². The molecule has 2 N–H and O–H groups in total. The van der Waals surface area contributed by atoms with Crippen molar-refractivity contribution in [1.82, 2.24) is 0 Å². The van der Waals surface area contributed by atoms with E-state index in [1.807, 2.05) is 19.1 Å². The Kier molecular flexibility index (Phi) is 9.52. The molecule has 0 atom stereocenters. The zero-order valence-corrected chi connectivity index (χ0v) is 20.5. The fourth-order valence-electron chi connectivity index (χ4n) is 2.97. The molecule has 9 heteroatoms. The number of ether oxygens (including phenoxy) is 2. The summed E-state index contributed by atoms with van der Waals surface area (Å²) in [4.78, 5) is 36.0. The minimum atomic E-state index is -0.639. The Hall–Kier alpha value is -3.55. The molecule has 0 heterocycles. The van der Waals surface area contributed by atoms with Crippen molar-refractivity contribution in [3.63, 3.8) is 0 Å². The number of carbonyl (C=O) groups excluding carboxylic acids is 3. The maximum absolute atomic E-state index is 12.1. The minimum absolute atomic E-state index is 0.0857. The fourth-order valence-corrected chi connectivity index (χ4v) is 3.42. The monoisotopic (exact) mass is 514 g/mol. The zero-order valence-electron chi connectivity index (χ0n) is 19.0. The Morgan fingerprint density at radius 2 is 1.43 bits per heavy atom. The molecule has 0 saturated heterocycles. The number of hydrogen-bond donors (Lipinski definition) is 2. The Bertz CT molecular complexity index is 1180. The van der Waals surface area contributed by atoms with Gasteiger partial charge in [-0.1, -0.05) is 42.3 Å². The van der Waals surface area contributed by atoms with Crippen molar-refractivity contribution in [2.75, 3.05) is 17.2 Å². The zero-order chi connectivity index (χ0) is 25.2. The van der Waals surface area contributed by atoms with Crippen LogP contribution in [0.4, 0.5) is 11.4 Å². The van der Waals surface area contributed by atoms with Crippen LogP contribution in [-0.2, 0) is 25.5 Å². The molecule has 0 aliphatic heterocycles. The average Bonchev–Trinajstić information content (AvgIpc) is 2.85. The number of halogens is 2. The van der Waals surface area contributed by atoms with E-state index in [1.54, 1.807) is 54.6 Å². The van der Waals surface area contributed by atoms with Gasteiger partial charge in [-0.25, -0.2) is 0 Å². The topological polar surface area (TPSA) is 93.7 Å². The molecule has 0 aromatic heterocycles. The van der Waals surface area contributed by atoms with E-state index in [0.717, 1.165) is 12.0 Å². The highest BCUT2D eigenvalue weighted by Gasteiger charge is 2.11. The van der Waals surface area contributed by atoms with Gasteiger partial charge in [-0.3, -0.25) is 14.4 Å². The van der Waals surface area contributed by atoms with Crippen LogP contribution in [0.25, 0.3) is 0 Å². The van der Waals surface area contributed by atoms with Gasteiger partial charge in [0.1, 0.15) is 11.5 Å². The maximum atomic E-state index is 12.1. The molecule has 0 bridgehead atoms. The van der Waals surface area contributed by atoms with Crippen molar-refractivity contribution in [2.24, 2.45) is 0 Å². The summed E-state index contributed by atoms with van der Waals surface area (Å²) in [6.07, 6.45) is 0.664. The molecule has 0 saturated carbocycles. The molecule has 0 aliphatic carbocycles. The standard InChI is InChI=1S/C26H24Cl2N2O5/c1-2-17-3-6-19(7-4-17)30-25(32)16-34-26(33)14-13-24(31)29-20-8-10-21(11-9-20)35-23-12-5-18(27)15-22(23)28/h3-12,15H,2,13-14,16H2,1H3,(H,29,31)(H,30,32). The van der Waals surface area contributed by atoms with Gasteiger partial charge in [0, 0.05) is 22.8 Å². The maximum Gasteiger partial charge on any atom is 0.306 e. The Morgan fingerprint density at radius 3 is 2.06 bits per heavy atom. The number of aryl methyl sites for hydroxylation is 1. The highest BCUT2D eigenvalue weighted by Crippen LogP contribution is 2.32. The molecule has 3 aromatic rings. The number of rotatable bonds is 10. The number of esters is 1. The lowest BCUT2D eigenvalue weighted by molar-refractivity contribution is -0.147. The van der Waals surface area contributed by atoms with Crippen LogP contribution in [0.15, 0.2) is 66.7 Å². The Morgan fingerprint density at radius 1 is 0.800 bits per heavy atom. The molecule has 35 heavy (non-hydrogen) atoms. The normalized spacial score (nSPS) is 10.4. The predicted octanol–water partition coefficient (Wildman–Crippen LogP) is 6.25. The Labute approximate surface area is 213 Å². The van der Waals surface area contributed by atoms with Gasteiger partial charge in [0.15, 0.2) is 6.61 Å². The summed E-state index contributed by atoms with van der Waals surface area (Å²) in [7, 11) is 0. The van der Waals surface area contributed by atoms with Gasteiger partial charge in [-0.15, -0.1) is 0 Å². The second-order valence-corrected chi connectivity index (χ2v) is 8.35. The summed E-state index contributed by atoms with van der Waals surface area (Å²) in [5, 5.41) is 6.23. The van der Waals surface area contributed by atoms with Gasteiger partial charge >= 0.3 is 5.97 Å². The summed E-state index contributed by atoms with van der Waals surface area (Å²) < 4.78 is 10.6. The quantitative estimate of drug-likeness (QED) is 0.312. The molecule has 0 spiro atoms. The summed E-state index contributed by atoms with van der Waals surface area (Å²) >= 11 is 12.0. The van der Waals surface area contributed by atoms with Gasteiger partial charge in [0.2, 0.25) is 5.91 Å². The lowest BCUT2D eigenvalue weighted by atomic mass is 10.1. The molecule has 7 nitrogen and oxygen atoms in total. The summed E-state index contributed by atoms with van der Waals surface area (Å²) in [5.74, 6) is -0.476. The van der Waals surface area contributed by atoms with Crippen LogP contribution >= 0.6 is 23.2 Å².